The van der Waals surface area contributed by atoms with E-state index in [9.17, 15) is 18.4 Å². The molecule has 8 heteroatoms. The molecule has 0 aliphatic carbocycles. The van der Waals surface area contributed by atoms with Crippen molar-refractivity contribution in [2.24, 2.45) is 0 Å². The summed E-state index contributed by atoms with van der Waals surface area (Å²) >= 11 is 6.37. The van der Waals surface area contributed by atoms with Gasteiger partial charge in [0.25, 0.3) is 5.56 Å². The number of pyridine rings is 1. The van der Waals surface area contributed by atoms with Gasteiger partial charge in [-0.25, -0.2) is 8.78 Å². The Morgan fingerprint density at radius 2 is 1.93 bits per heavy atom. The number of nitrogens with one attached hydrogen (secondary N) is 1. The van der Waals surface area contributed by atoms with Crippen LogP contribution >= 0.6 is 11.6 Å². The highest BCUT2D eigenvalue weighted by Gasteiger charge is 2.35. The highest BCUT2D eigenvalue weighted by atomic mass is 35.5. The lowest BCUT2D eigenvalue weighted by Crippen LogP contribution is -2.38. The number of rotatable bonds is 4. The van der Waals surface area contributed by atoms with E-state index < -0.39 is 17.7 Å². The lowest BCUT2D eigenvalue weighted by molar-refractivity contribution is -0.133. The molecule has 4 rings (SSSR count). The molecule has 1 amide bonds. The first-order chi connectivity index (χ1) is 13.5. The van der Waals surface area contributed by atoms with Gasteiger partial charge in [-0.1, -0.05) is 17.7 Å². The zero-order chi connectivity index (χ0) is 19.8. The predicted octanol–water partition coefficient (Wildman–Crippen LogP) is 3.50. The zero-order valence-corrected chi connectivity index (χ0v) is 15.9. The normalized spacial score (nSPS) is 18.4. The Hall–Kier alpha value is -2.41. The maximum Gasteiger partial charge on any atom is 0.274 e. The van der Waals surface area contributed by atoms with Crippen LogP contribution in [0.1, 0.15) is 36.6 Å². The van der Waals surface area contributed by atoms with Crippen molar-refractivity contribution < 1.29 is 13.6 Å². The maximum absolute atomic E-state index is 13.4. The summed E-state index contributed by atoms with van der Waals surface area (Å²) in [7, 11) is 0. The van der Waals surface area contributed by atoms with Crippen LogP contribution < -0.4 is 10.9 Å². The van der Waals surface area contributed by atoms with Crippen molar-refractivity contribution >= 4 is 23.2 Å². The van der Waals surface area contributed by atoms with Crippen LogP contribution in [0.25, 0.3) is 0 Å². The van der Waals surface area contributed by atoms with Crippen molar-refractivity contribution in [3.8, 4) is 0 Å². The molecule has 1 N–H and O–H groups in total. The van der Waals surface area contributed by atoms with Gasteiger partial charge in [-0.15, -0.1) is 0 Å². The Labute approximate surface area is 165 Å². The Morgan fingerprint density at radius 1 is 1.18 bits per heavy atom. The van der Waals surface area contributed by atoms with Crippen LogP contribution in [0.15, 0.2) is 29.1 Å². The Morgan fingerprint density at radius 3 is 2.64 bits per heavy atom. The molecule has 1 atom stereocenters. The minimum Gasteiger partial charge on any atom is -0.376 e. The van der Waals surface area contributed by atoms with Crippen molar-refractivity contribution in [1.29, 1.82) is 0 Å². The number of fused-ring (bicyclic) bond motifs is 1. The van der Waals surface area contributed by atoms with Gasteiger partial charge in [-0.2, -0.15) is 0 Å². The molecule has 1 aromatic heterocycles. The van der Waals surface area contributed by atoms with Gasteiger partial charge < -0.3 is 10.2 Å². The molecule has 1 aromatic carbocycles. The number of anilines is 1. The number of hydrogen-bond donors (Lipinski definition) is 1. The molecule has 2 aliphatic heterocycles. The second kappa shape index (κ2) is 7.54. The molecule has 0 radical (unpaired) electrons. The van der Waals surface area contributed by atoms with E-state index in [0.717, 1.165) is 38.1 Å². The van der Waals surface area contributed by atoms with Crippen LogP contribution in [-0.4, -0.2) is 28.5 Å². The first-order valence-corrected chi connectivity index (χ1v) is 9.74. The standard InChI is InChI=1S/C20H20ClF2N3O2/c21-13-10-16(24-11-12-3-4-14(22)15(23)9-12)19(27)26-17(13)5-6-18(26)20(28)25-7-1-2-8-25/h3-4,9-10,18,24H,1-2,5-8,11H2/t18-/m0/s1. The highest BCUT2D eigenvalue weighted by Crippen LogP contribution is 2.32. The molecule has 0 unspecified atom stereocenters. The monoisotopic (exact) mass is 407 g/mol. The van der Waals surface area contributed by atoms with E-state index in [1.54, 1.807) is 0 Å². The number of carbonyl (C=O) groups is 1. The molecule has 28 heavy (non-hydrogen) atoms. The quantitative estimate of drug-likeness (QED) is 0.844. The minimum absolute atomic E-state index is 0.0350. The first-order valence-electron chi connectivity index (χ1n) is 9.36. The smallest absolute Gasteiger partial charge is 0.274 e. The third-order valence-electron chi connectivity index (χ3n) is 5.42. The van der Waals surface area contributed by atoms with E-state index in [4.69, 9.17) is 11.6 Å². The summed E-state index contributed by atoms with van der Waals surface area (Å²) in [5.41, 5.74) is 1.07. The number of halogens is 3. The highest BCUT2D eigenvalue weighted by molar-refractivity contribution is 6.31. The Balaban J connectivity index is 1.61. The summed E-state index contributed by atoms with van der Waals surface area (Å²) in [4.78, 5) is 27.7. The zero-order valence-electron chi connectivity index (χ0n) is 15.2. The molecule has 0 bridgehead atoms. The molecular formula is C20H20ClF2N3O2. The molecule has 1 fully saturated rings. The van der Waals surface area contributed by atoms with Crippen LogP contribution in [0.5, 0.6) is 0 Å². The van der Waals surface area contributed by atoms with Crippen molar-refractivity contribution in [1.82, 2.24) is 9.47 Å². The van der Waals surface area contributed by atoms with Gasteiger partial charge >= 0.3 is 0 Å². The third-order valence-corrected chi connectivity index (χ3v) is 5.75. The van der Waals surface area contributed by atoms with Gasteiger partial charge in [0, 0.05) is 25.3 Å². The first kappa shape index (κ1) is 18.9. The Bertz CT molecular complexity index is 986. The lowest BCUT2D eigenvalue weighted by Gasteiger charge is -2.22. The fourth-order valence-corrected chi connectivity index (χ4v) is 4.26. The van der Waals surface area contributed by atoms with E-state index in [0.29, 0.717) is 29.1 Å². The summed E-state index contributed by atoms with van der Waals surface area (Å²) in [5.74, 6) is -1.90. The third kappa shape index (κ3) is 3.39. The average Bonchev–Trinajstić information content (AvgIpc) is 3.36. The maximum atomic E-state index is 13.4. The summed E-state index contributed by atoms with van der Waals surface area (Å²) < 4.78 is 28.0. The van der Waals surface area contributed by atoms with Crippen molar-refractivity contribution in [2.75, 3.05) is 18.4 Å². The topological polar surface area (TPSA) is 54.3 Å². The molecule has 0 spiro atoms. The van der Waals surface area contributed by atoms with E-state index >= 15 is 0 Å². The van der Waals surface area contributed by atoms with Crippen molar-refractivity contribution in [3.63, 3.8) is 0 Å². The summed E-state index contributed by atoms with van der Waals surface area (Å²) in [6.45, 7) is 1.58. The molecule has 1 saturated heterocycles. The summed E-state index contributed by atoms with van der Waals surface area (Å²) in [6, 6.07) is 4.56. The average molecular weight is 408 g/mol. The van der Waals surface area contributed by atoms with Gasteiger partial charge in [0.2, 0.25) is 5.91 Å². The minimum atomic E-state index is -0.945. The van der Waals surface area contributed by atoms with Crippen LogP contribution in [0.2, 0.25) is 5.02 Å². The number of carbonyl (C=O) groups excluding carboxylic acids is 1. The second-order valence-electron chi connectivity index (χ2n) is 7.22. The predicted molar refractivity (Wildman–Crippen MR) is 103 cm³/mol. The van der Waals surface area contributed by atoms with Crippen LogP contribution in [-0.2, 0) is 17.8 Å². The SMILES string of the molecule is O=C([C@@H]1CCc2c(Cl)cc(NCc3ccc(F)c(F)c3)c(=O)n21)N1CCCC1. The summed E-state index contributed by atoms with van der Waals surface area (Å²) in [5, 5.41) is 3.36. The fourth-order valence-electron chi connectivity index (χ4n) is 3.97. The number of likely N-dealkylation sites (tertiary alicyclic amines) is 1. The molecule has 2 aliphatic rings. The van der Waals surface area contributed by atoms with Crippen LogP contribution in [0.4, 0.5) is 14.5 Å². The van der Waals surface area contributed by atoms with Gasteiger partial charge in [0.05, 0.1) is 5.02 Å². The molecule has 0 saturated carbocycles. The van der Waals surface area contributed by atoms with Gasteiger partial charge in [0.1, 0.15) is 11.7 Å². The number of nitrogens with zero attached hydrogens (tertiary/aromatic N) is 2. The fraction of sp³-hybridized carbons (Fsp3) is 0.400. The molecule has 3 heterocycles. The molecule has 5 nitrogen and oxygen atoms in total. The number of benzene rings is 1. The van der Waals surface area contributed by atoms with Crippen molar-refractivity contribution in [2.45, 2.75) is 38.3 Å². The number of amides is 1. The van der Waals surface area contributed by atoms with Crippen LogP contribution in [0.3, 0.4) is 0 Å². The van der Waals surface area contributed by atoms with Gasteiger partial charge in [-0.3, -0.25) is 14.2 Å². The van der Waals surface area contributed by atoms with E-state index in [1.165, 1.54) is 16.7 Å². The lowest BCUT2D eigenvalue weighted by atomic mass is 10.2. The molecular weight excluding hydrogens is 388 g/mol. The van der Waals surface area contributed by atoms with Gasteiger partial charge in [-0.05, 0) is 49.4 Å². The Kier molecular flexibility index (Phi) is 5.10. The van der Waals surface area contributed by atoms with Crippen LogP contribution in [0, 0.1) is 11.6 Å². The van der Waals surface area contributed by atoms with E-state index in [-0.39, 0.29) is 23.7 Å². The number of hydrogen-bond acceptors (Lipinski definition) is 3. The van der Waals surface area contributed by atoms with E-state index in [2.05, 4.69) is 5.32 Å². The second-order valence-corrected chi connectivity index (χ2v) is 7.62. The summed E-state index contributed by atoms with van der Waals surface area (Å²) in [6.07, 6.45) is 3.09. The largest absolute Gasteiger partial charge is 0.376 e. The molecule has 2 aromatic rings. The van der Waals surface area contributed by atoms with E-state index in [1.807, 2.05) is 4.90 Å². The van der Waals surface area contributed by atoms with Crippen molar-refractivity contribution in [3.05, 3.63) is 62.5 Å². The molecule has 148 valence electrons. The van der Waals surface area contributed by atoms with Gasteiger partial charge in [0.15, 0.2) is 11.6 Å². The number of aromatic nitrogens is 1.